The second kappa shape index (κ2) is 22.0. The Morgan fingerprint density at radius 2 is 1.53 bits per heavy atom. The van der Waals surface area contributed by atoms with Crippen LogP contribution in [-0.4, -0.2) is 146 Å². The molecule has 13 heteroatoms. The van der Waals surface area contributed by atoms with Crippen LogP contribution >= 0.6 is 0 Å². The third-order valence-corrected chi connectivity index (χ3v) is 10.9. The van der Waals surface area contributed by atoms with Crippen molar-refractivity contribution in [2.75, 3.05) is 34.9 Å². The summed E-state index contributed by atoms with van der Waals surface area (Å²) in [5, 5.41) is 44.0. The van der Waals surface area contributed by atoms with Crippen molar-refractivity contribution in [2.24, 2.45) is 11.8 Å². The highest BCUT2D eigenvalue weighted by Gasteiger charge is 2.51. The Hall–Kier alpha value is -2.27. The van der Waals surface area contributed by atoms with E-state index in [-0.39, 0.29) is 23.8 Å². The van der Waals surface area contributed by atoms with Crippen molar-refractivity contribution >= 4 is 5.97 Å². The van der Waals surface area contributed by atoms with Crippen LogP contribution in [0.25, 0.3) is 0 Å². The molecular weight excluding hydrogens is 710 g/mol. The second-order valence-corrected chi connectivity index (χ2v) is 15.7. The number of aliphatic hydroxyl groups excluding tert-OH is 4. The number of carbonyl (C=O) groups is 1. The van der Waals surface area contributed by atoms with Crippen LogP contribution in [0.15, 0.2) is 58.7 Å². The summed E-state index contributed by atoms with van der Waals surface area (Å²) in [6.45, 7) is 15.0. The van der Waals surface area contributed by atoms with Gasteiger partial charge in [-0.05, 0) is 84.7 Å². The highest BCUT2D eigenvalue weighted by atomic mass is 16.7. The Morgan fingerprint density at radius 1 is 0.891 bits per heavy atom. The molecule has 14 atom stereocenters. The summed E-state index contributed by atoms with van der Waals surface area (Å²) in [5.74, 6) is -0.770. The van der Waals surface area contributed by atoms with E-state index >= 15 is 0 Å². The first kappa shape index (κ1) is 47.1. The Balaban J connectivity index is 2.00. The predicted molar refractivity (Wildman–Crippen MR) is 209 cm³/mol. The second-order valence-electron chi connectivity index (χ2n) is 15.7. The maximum atomic E-state index is 13.0. The molecule has 13 nitrogen and oxygen atoms in total. The monoisotopic (exact) mass is 779 g/mol. The Bertz CT molecular complexity index is 1370. The number of rotatable bonds is 10. The van der Waals surface area contributed by atoms with Crippen LogP contribution in [-0.2, 0) is 38.0 Å². The van der Waals surface area contributed by atoms with Gasteiger partial charge in [0.2, 0.25) is 0 Å². The lowest BCUT2D eigenvalue weighted by atomic mass is 9.89. The number of ether oxygens (including phenoxy) is 7. The average Bonchev–Trinajstić information content (AvgIpc) is 3.12. The van der Waals surface area contributed by atoms with E-state index < -0.39 is 92.2 Å². The number of methoxy groups -OCH3 is 2. The van der Waals surface area contributed by atoms with Gasteiger partial charge in [-0.1, -0.05) is 56.7 Å². The minimum atomic E-state index is -1.16. The number of nitrogens with zero attached hydrogens (tertiary/aromatic N) is 1. The summed E-state index contributed by atoms with van der Waals surface area (Å²) in [6, 6.07) is -0.602. The Labute approximate surface area is 328 Å². The zero-order chi connectivity index (χ0) is 41.1. The quantitative estimate of drug-likeness (QED) is 0.186. The van der Waals surface area contributed by atoms with Crippen LogP contribution in [0, 0.1) is 11.8 Å². The molecule has 2 saturated heterocycles. The van der Waals surface area contributed by atoms with Gasteiger partial charge in [-0.3, -0.25) is 0 Å². The summed E-state index contributed by atoms with van der Waals surface area (Å²) in [5.41, 5.74) is 2.68. The highest BCUT2D eigenvalue weighted by Crippen LogP contribution is 2.35. The first-order chi connectivity index (χ1) is 26.0. The third kappa shape index (κ3) is 12.4. The normalized spacial score (nSPS) is 42.1. The average molecular weight is 780 g/mol. The minimum Gasteiger partial charge on any atom is -0.458 e. The largest absolute Gasteiger partial charge is 0.458 e. The first-order valence-electron chi connectivity index (χ1n) is 19.6. The molecule has 4 N–H and O–H groups in total. The fourth-order valence-electron chi connectivity index (χ4n) is 7.54. The molecule has 0 aromatic carbocycles. The minimum absolute atomic E-state index is 0.0214. The molecule has 3 aliphatic rings. The molecule has 0 amide bonds. The summed E-state index contributed by atoms with van der Waals surface area (Å²) in [7, 11) is 6.68. The van der Waals surface area contributed by atoms with Crippen LogP contribution in [0.3, 0.4) is 0 Å². The van der Waals surface area contributed by atoms with E-state index in [1.807, 2.05) is 78.8 Å². The van der Waals surface area contributed by atoms with Gasteiger partial charge < -0.3 is 58.5 Å². The molecule has 0 saturated carbocycles. The van der Waals surface area contributed by atoms with Crippen LogP contribution in [0.4, 0.5) is 0 Å². The highest BCUT2D eigenvalue weighted by molar-refractivity contribution is 5.89. The van der Waals surface area contributed by atoms with Crippen molar-refractivity contribution in [2.45, 2.75) is 154 Å². The van der Waals surface area contributed by atoms with E-state index in [9.17, 15) is 25.2 Å². The molecule has 0 aromatic heterocycles. The van der Waals surface area contributed by atoms with E-state index in [1.165, 1.54) is 20.3 Å². The van der Waals surface area contributed by atoms with E-state index in [4.69, 9.17) is 33.2 Å². The number of allylic oxidation sites excluding steroid dienone is 4. The number of hydrogen-bond acceptors (Lipinski definition) is 13. The summed E-state index contributed by atoms with van der Waals surface area (Å²) >= 11 is 0. The number of carbonyl (C=O) groups excluding carboxylic acids is 1. The first-order valence-corrected chi connectivity index (χ1v) is 19.6. The van der Waals surface area contributed by atoms with Crippen molar-refractivity contribution in [1.82, 2.24) is 4.90 Å². The van der Waals surface area contributed by atoms with Gasteiger partial charge in [0.05, 0.1) is 42.6 Å². The SMILES string of the molecule is CCC1/C=C(\C)C(O)C/C=C/C=C(\CO)C(=O)O[C@@H](C(C)C)C/C=C(C)/C=C(\C)[C@H]1O[C@@H]1OC(C)[C@@H](O[C@@H]2OC(C)[C@@H](OC)C(O)C2OC)C(N(C)C)C1O. The van der Waals surface area contributed by atoms with Crippen LogP contribution in [0.5, 0.6) is 0 Å². The molecule has 3 heterocycles. The molecule has 0 radical (unpaired) electrons. The fraction of sp³-hybridized carbons (Fsp3) is 0.738. The van der Waals surface area contributed by atoms with E-state index in [1.54, 1.807) is 19.1 Å². The molecule has 0 aliphatic carbocycles. The van der Waals surface area contributed by atoms with E-state index in [0.29, 0.717) is 12.8 Å². The molecule has 314 valence electrons. The van der Waals surface area contributed by atoms with Crippen LogP contribution in [0.2, 0.25) is 0 Å². The molecule has 2 fully saturated rings. The molecule has 0 spiro atoms. The lowest BCUT2D eigenvalue weighted by molar-refractivity contribution is -0.351. The van der Waals surface area contributed by atoms with Crippen molar-refractivity contribution in [3.05, 3.63) is 58.7 Å². The van der Waals surface area contributed by atoms with Crippen LogP contribution < -0.4 is 0 Å². The standard InChI is InChI=1S/C42H69NO12/c1-13-29-21-25(5)31(45)17-15-14-16-30(22-44)40(48)53-32(23(2)3)19-18-24(4)20-26(6)36(29)54-41-34(46)33(43(9)10)37(27(7)51-41)55-42-39(50-12)35(47)38(49-11)28(8)52-42/h14-16,18,20-21,23,27-29,31-39,41-42,44-47H,13,17,19,22H2,1-12H3/b15-14+,24-18+,25-21+,26-20+,30-16+/t27?,28?,29?,31?,32-,33?,34?,35?,36-,37-,38-,39?,41+,42+/m1/s1. The van der Waals surface area contributed by atoms with Gasteiger partial charge in [0.15, 0.2) is 12.6 Å². The number of aliphatic hydroxyl groups is 4. The summed E-state index contributed by atoms with van der Waals surface area (Å²) in [4.78, 5) is 14.8. The zero-order valence-electron chi connectivity index (χ0n) is 35.0. The predicted octanol–water partition coefficient (Wildman–Crippen LogP) is 3.99. The lowest BCUT2D eigenvalue weighted by Gasteiger charge is -2.50. The van der Waals surface area contributed by atoms with E-state index in [0.717, 1.165) is 16.7 Å². The zero-order valence-corrected chi connectivity index (χ0v) is 35.0. The topological polar surface area (TPSA) is 166 Å². The maximum Gasteiger partial charge on any atom is 0.336 e. The number of likely N-dealkylation sites (N-methyl/N-ethyl adjacent to an activating group) is 1. The number of esters is 1. The van der Waals surface area contributed by atoms with Crippen molar-refractivity contribution in [3.63, 3.8) is 0 Å². The van der Waals surface area contributed by atoms with Crippen molar-refractivity contribution in [1.29, 1.82) is 0 Å². The Kier molecular flexibility index (Phi) is 18.9. The van der Waals surface area contributed by atoms with E-state index in [2.05, 4.69) is 6.92 Å². The van der Waals surface area contributed by atoms with Gasteiger partial charge in [-0.2, -0.15) is 0 Å². The molecule has 0 bridgehead atoms. The lowest BCUT2D eigenvalue weighted by Crippen LogP contribution is -2.66. The van der Waals surface area contributed by atoms with Gasteiger partial charge in [0.25, 0.3) is 0 Å². The van der Waals surface area contributed by atoms with Gasteiger partial charge in [-0.15, -0.1) is 0 Å². The molecular formula is C42H69NO12. The molecule has 55 heavy (non-hydrogen) atoms. The smallest absolute Gasteiger partial charge is 0.336 e. The van der Waals surface area contributed by atoms with Gasteiger partial charge in [-0.25, -0.2) is 4.79 Å². The van der Waals surface area contributed by atoms with Gasteiger partial charge >= 0.3 is 5.97 Å². The molecule has 8 unspecified atom stereocenters. The molecule has 0 aromatic rings. The van der Waals surface area contributed by atoms with Gasteiger partial charge in [0.1, 0.15) is 36.6 Å². The fourth-order valence-corrected chi connectivity index (χ4v) is 7.54. The van der Waals surface area contributed by atoms with Crippen molar-refractivity contribution in [3.8, 4) is 0 Å². The Morgan fingerprint density at radius 3 is 2.11 bits per heavy atom. The molecule has 3 aliphatic heterocycles. The van der Waals surface area contributed by atoms with Crippen LogP contribution in [0.1, 0.15) is 74.7 Å². The molecule has 3 rings (SSSR count). The summed E-state index contributed by atoms with van der Waals surface area (Å²) in [6.07, 6.45) is 3.17. The van der Waals surface area contributed by atoms with Gasteiger partial charge in [0, 0.05) is 26.6 Å². The van der Waals surface area contributed by atoms with Crippen molar-refractivity contribution < 1.29 is 58.4 Å². The number of cyclic esters (lactones) is 1. The number of hydrogen-bond donors (Lipinski definition) is 4. The summed E-state index contributed by atoms with van der Waals surface area (Å²) < 4.78 is 42.8. The third-order valence-electron chi connectivity index (χ3n) is 10.9. The maximum absolute atomic E-state index is 13.0.